The highest BCUT2D eigenvalue weighted by molar-refractivity contribution is 7.80. The van der Waals surface area contributed by atoms with Crippen molar-refractivity contribution in [3.8, 4) is 11.3 Å². The Hall–Kier alpha value is -3.52. The minimum Gasteiger partial charge on any atom is -0.478 e. The number of hydrogen-bond acceptors (Lipinski definition) is 5. The highest BCUT2D eigenvalue weighted by atomic mass is 32.1. The summed E-state index contributed by atoms with van der Waals surface area (Å²) in [6.07, 6.45) is 2.84. The van der Waals surface area contributed by atoms with Gasteiger partial charge in [0.2, 0.25) is 0 Å². The van der Waals surface area contributed by atoms with Crippen molar-refractivity contribution in [1.82, 2.24) is 10.2 Å². The van der Waals surface area contributed by atoms with Gasteiger partial charge in [0.1, 0.15) is 17.1 Å². The third-order valence-corrected chi connectivity index (χ3v) is 4.15. The van der Waals surface area contributed by atoms with E-state index < -0.39 is 17.8 Å². The second kappa shape index (κ2) is 7.38. The molecular formula is C19H14N2O5S. The first-order valence-corrected chi connectivity index (χ1v) is 8.25. The number of aromatic carboxylic acids is 1. The monoisotopic (exact) mass is 382 g/mol. The van der Waals surface area contributed by atoms with E-state index in [4.69, 9.17) is 21.7 Å². The molecule has 0 bridgehead atoms. The molecule has 1 aromatic heterocycles. The molecule has 2 amide bonds. The van der Waals surface area contributed by atoms with Crippen LogP contribution in [0.1, 0.15) is 16.1 Å². The first kappa shape index (κ1) is 18.3. The van der Waals surface area contributed by atoms with E-state index in [0.717, 1.165) is 0 Å². The van der Waals surface area contributed by atoms with E-state index in [9.17, 15) is 14.4 Å². The lowest BCUT2D eigenvalue weighted by molar-refractivity contribution is -0.128. The highest BCUT2D eigenvalue weighted by Crippen LogP contribution is 2.24. The van der Waals surface area contributed by atoms with Crippen LogP contribution in [-0.2, 0) is 9.59 Å². The Balaban J connectivity index is 1.88. The summed E-state index contributed by atoms with van der Waals surface area (Å²) < 4.78 is 5.66. The molecule has 0 unspecified atom stereocenters. The van der Waals surface area contributed by atoms with Gasteiger partial charge in [0.05, 0.1) is 5.56 Å². The predicted octanol–water partition coefficient (Wildman–Crippen LogP) is 2.46. The van der Waals surface area contributed by atoms with E-state index in [1.807, 2.05) is 0 Å². The topological polar surface area (TPSA) is 99.8 Å². The van der Waals surface area contributed by atoms with Gasteiger partial charge in [0.15, 0.2) is 5.11 Å². The number of nitrogens with one attached hydrogen (secondary N) is 1. The van der Waals surface area contributed by atoms with E-state index in [1.54, 1.807) is 24.3 Å². The molecule has 2 N–H and O–H groups in total. The Morgan fingerprint density at radius 2 is 1.93 bits per heavy atom. The van der Waals surface area contributed by atoms with Gasteiger partial charge in [-0.05, 0) is 42.6 Å². The summed E-state index contributed by atoms with van der Waals surface area (Å²) in [5.41, 5.74) is 0.724. The van der Waals surface area contributed by atoms with Gasteiger partial charge < -0.3 is 9.52 Å². The van der Waals surface area contributed by atoms with Crippen LogP contribution in [0.4, 0.5) is 0 Å². The highest BCUT2D eigenvalue weighted by Gasteiger charge is 2.32. The second-order valence-electron chi connectivity index (χ2n) is 5.61. The minimum absolute atomic E-state index is 0.0284. The number of carboxylic acids is 1. The lowest BCUT2D eigenvalue weighted by Crippen LogP contribution is -2.53. The summed E-state index contributed by atoms with van der Waals surface area (Å²) >= 11 is 4.99. The summed E-state index contributed by atoms with van der Waals surface area (Å²) in [4.78, 5) is 36.7. The number of hydrogen-bond donors (Lipinski definition) is 2. The van der Waals surface area contributed by atoms with Crippen LogP contribution < -0.4 is 5.32 Å². The van der Waals surface area contributed by atoms with Crippen LogP contribution in [0.3, 0.4) is 0 Å². The summed E-state index contributed by atoms with van der Waals surface area (Å²) in [7, 11) is 0. The minimum atomic E-state index is -1.02. The second-order valence-corrected chi connectivity index (χ2v) is 5.99. The SMILES string of the molecule is C=CCN1C(=O)/C(=C\c2ccc(-c3ccc(C(=O)O)cc3)o2)C(=O)NC1=S. The summed E-state index contributed by atoms with van der Waals surface area (Å²) in [6, 6.07) is 9.43. The molecule has 0 saturated carbocycles. The van der Waals surface area contributed by atoms with Crippen molar-refractivity contribution in [1.29, 1.82) is 0 Å². The lowest BCUT2D eigenvalue weighted by atomic mass is 10.1. The largest absolute Gasteiger partial charge is 0.478 e. The van der Waals surface area contributed by atoms with Crippen LogP contribution >= 0.6 is 12.2 Å². The predicted molar refractivity (Wildman–Crippen MR) is 102 cm³/mol. The first-order valence-electron chi connectivity index (χ1n) is 7.84. The van der Waals surface area contributed by atoms with Crippen LogP contribution in [0, 0.1) is 0 Å². The van der Waals surface area contributed by atoms with Crippen molar-refractivity contribution in [2.24, 2.45) is 0 Å². The molecule has 0 spiro atoms. The number of furan rings is 1. The number of carbonyl (C=O) groups excluding carboxylic acids is 2. The number of nitrogens with zero attached hydrogens (tertiary/aromatic N) is 1. The quantitative estimate of drug-likeness (QED) is 0.357. The van der Waals surface area contributed by atoms with Crippen molar-refractivity contribution in [3.05, 3.63) is 65.9 Å². The molecule has 1 aliphatic rings. The van der Waals surface area contributed by atoms with E-state index in [1.165, 1.54) is 29.2 Å². The lowest BCUT2D eigenvalue weighted by Gasteiger charge is -2.27. The number of carbonyl (C=O) groups is 3. The molecule has 8 heteroatoms. The van der Waals surface area contributed by atoms with Crippen molar-refractivity contribution in [2.75, 3.05) is 6.54 Å². The molecule has 1 fully saturated rings. The van der Waals surface area contributed by atoms with Gasteiger partial charge in [-0.25, -0.2) is 4.79 Å². The van der Waals surface area contributed by atoms with Crippen LogP contribution in [-0.4, -0.2) is 39.4 Å². The van der Waals surface area contributed by atoms with Gasteiger partial charge in [-0.2, -0.15) is 0 Å². The fourth-order valence-electron chi connectivity index (χ4n) is 2.49. The molecule has 27 heavy (non-hydrogen) atoms. The van der Waals surface area contributed by atoms with Crippen LogP contribution in [0.2, 0.25) is 0 Å². The third-order valence-electron chi connectivity index (χ3n) is 3.83. The Morgan fingerprint density at radius 1 is 1.22 bits per heavy atom. The van der Waals surface area contributed by atoms with Crippen molar-refractivity contribution >= 4 is 41.2 Å². The van der Waals surface area contributed by atoms with Gasteiger partial charge in [-0.1, -0.05) is 18.2 Å². The van der Waals surface area contributed by atoms with Crippen LogP contribution in [0.25, 0.3) is 17.4 Å². The fourth-order valence-corrected chi connectivity index (χ4v) is 2.74. The zero-order valence-corrected chi connectivity index (χ0v) is 14.8. The number of benzene rings is 1. The molecule has 3 rings (SSSR count). The zero-order chi connectivity index (χ0) is 19.6. The Bertz CT molecular complexity index is 988. The number of rotatable bonds is 5. The summed E-state index contributed by atoms with van der Waals surface area (Å²) in [6.45, 7) is 3.74. The normalized spacial score (nSPS) is 15.8. The maximum atomic E-state index is 12.5. The molecular weight excluding hydrogens is 368 g/mol. The van der Waals surface area contributed by atoms with Crippen LogP contribution in [0.5, 0.6) is 0 Å². The molecule has 136 valence electrons. The molecule has 2 aromatic rings. The molecule has 7 nitrogen and oxygen atoms in total. The van der Waals surface area contributed by atoms with Gasteiger partial charge in [-0.15, -0.1) is 6.58 Å². The van der Waals surface area contributed by atoms with Crippen molar-refractivity contribution in [3.63, 3.8) is 0 Å². The van der Waals surface area contributed by atoms with E-state index in [-0.39, 0.29) is 22.8 Å². The molecule has 1 aliphatic heterocycles. The summed E-state index contributed by atoms with van der Waals surface area (Å²) in [5, 5.41) is 11.4. The van der Waals surface area contributed by atoms with Gasteiger partial charge in [0.25, 0.3) is 11.8 Å². The van der Waals surface area contributed by atoms with Gasteiger partial charge >= 0.3 is 5.97 Å². The Labute approximate surface area is 159 Å². The molecule has 2 heterocycles. The Morgan fingerprint density at radius 3 is 2.56 bits per heavy atom. The van der Waals surface area contributed by atoms with Crippen molar-refractivity contribution < 1.29 is 23.9 Å². The maximum absolute atomic E-state index is 12.5. The van der Waals surface area contributed by atoms with Gasteiger partial charge in [-0.3, -0.25) is 19.8 Å². The van der Waals surface area contributed by atoms with Crippen LogP contribution in [0.15, 0.2) is 59.0 Å². The standard InChI is InChI=1S/C19H14N2O5S/c1-2-9-21-17(23)14(16(22)20-19(21)27)10-13-7-8-15(26-13)11-3-5-12(6-4-11)18(24)25/h2-8,10H,1,9H2,(H,24,25)(H,20,22,27)/b14-10-. The average Bonchev–Trinajstić information content (AvgIpc) is 3.11. The van der Waals surface area contributed by atoms with Crippen molar-refractivity contribution in [2.45, 2.75) is 0 Å². The van der Waals surface area contributed by atoms with E-state index in [2.05, 4.69) is 11.9 Å². The van der Waals surface area contributed by atoms with E-state index in [0.29, 0.717) is 17.1 Å². The maximum Gasteiger partial charge on any atom is 0.335 e. The summed E-state index contributed by atoms with van der Waals surface area (Å²) in [5.74, 6) is -1.38. The molecule has 1 saturated heterocycles. The van der Waals surface area contributed by atoms with Gasteiger partial charge in [0, 0.05) is 12.1 Å². The first-order chi connectivity index (χ1) is 12.9. The number of amides is 2. The third kappa shape index (κ3) is 3.70. The number of thiocarbonyl (C=S) groups is 1. The number of carboxylic acid groups (broad SMARTS) is 1. The zero-order valence-electron chi connectivity index (χ0n) is 14.0. The molecule has 0 radical (unpaired) electrons. The molecule has 0 atom stereocenters. The molecule has 0 aliphatic carbocycles. The average molecular weight is 382 g/mol. The molecule has 1 aromatic carbocycles. The Kier molecular flexibility index (Phi) is 5.00. The fraction of sp³-hybridized carbons (Fsp3) is 0.0526. The van der Waals surface area contributed by atoms with E-state index >= 15 is 0 Å². The smallest absolute Gasteiger partial charge is 0.335 e.